The predicted molar refractivity (Wildman–Crippen MR) is 121 cm³/mol. The van der Waals surface area contributed by atoms with Gasteiger partial charge in [0, 0.05) is 20.1 Å². The second-order valence-electron chi connectivity index (χ2n) is 9.93. The molecule has 0 saturated carbocycles. The molecule has 0 spiro atoms. The number of ether oxygens (including phenoxy) is 3. The Balaban J connectivity index is 1.81. The van der Waals surface area contributed by atoms with Crippen LogP contribution in [0.15, 0.2) is 0 Å². The van der Waals surface area contributed by atoms with Crippen molar-refractivity contribution in [3.63, 3.8) is 0 Å². The maximum absolute atomic E-state index is 12.7. The molecule has 11 heteroatoms. The molecule has 2 amide bonds. The van der Waals surface area contributed by atoms with Gasteiger partial charge in [-0.15, -0.1) is 0 Å². The Hall–Kier alpha value is -2.49. The van der Waals surface area contributed by atoms with E-state index in [1.54, 1.807) is 32.7 Å². The zero-order valence-corrected chi connectivity index (χ0v) is 20.5. The maximum atomic E-state index is 12.7. The summed E-state index contributed by atoms with van der Waals surface area (Å²) < 4.78 is 16.9. The quantitative estimate of drug-likeness (QED) is 0.604. The van der Waals surface area contributed by atoms with Gasteiger partial charge in [0.25, 0.3) is 0 Å². The minimum absolute atomic E-state index is 0.00163. The molecule has 1 fully saturated rings. The molecule has 1 aromatic rings. The van der Waals surface area contributed by atoms with Crippen molar-refractivity contribution in [1.29, 1.82) is 0 Å². The molecule has 32 heavy (non-hydrogen) atoms. The average molecular weight is 470 g/mol. The molecule has 0 aromatic carbocycles. The van der Waals surface area contributed by atoms with Gasteiger partial charge in [-0.2, -0.15) is 9.97 Å². The van der Waals surface area contributed by atoms with E-state index < -0.39 is 17.3 Å². The smallest absolute Gasteiger partial charge is 0.416 e. The number of aromatic nitrogens is 2. The Morgan fingerprint density at radius 3 is 2.31 bits per heavy atom. The summed E-state index contributed by atoms with van der Waals surface area (Å²) in [6.45, 7) is 12.6. The molecule has 10 nitrogen and oxygen atoms in total. The van der Waals surface area contributed by atoms with E-state index in [4.69, 9.17) is 25.8 Å². The Labute approximate surface area is 193 Å². The van der Waals surface area contributed by atoms with Gasteiger partial charge >= 0.3 is 12.2 Å². The summed E-state index contributed by atoms with van der Waals surface area (Å²) in [5.41, 5.74) is -1.22. The van der Waals surface area contributed by atoms with Gasteiger partial charge < -0.3 is 24.0 Å². The second-order valence-corrected chi connectivity index (χ2v) is 10.3. The Morgan fingerprint density at radius 2 is 1.69 bits per heavy atom. The van der Waals surface area contributed by atoms with Crippen LogP contribution in [0.5, 0.6) is 5.75 Å². The minimum Gasteiger partial charge on any atom is -0.485 e. The molecule has 3 heterocycles. The number of rotatable bonds is 2. The van der Waals surface area contributed by atoms with Gasteiger partial charge in [0.05, 0.1) is 12.6 Å². The summed E-state index contributed by atoms with van der Waals surface area (Å²) in [6.07, 6.45) is -0.173. The Bertz CT molecular complexity index is 883. The van der Waals surface area contributed by atoms with Gasteiger partial charge in [-0.3, -0.25) is 4.90 Å². The Kier molecular flexibility index (Phi) is 6.65. The van der Waals surface area contributed by atoms with Crippen LogP contribution in [0, 0.1) is 0 Å². The summed E-state index contributed by atoms with van der Waals surface area (Å²) >= 11 is 6.22. The zero-order valence-electron chi connectivity index (χ0n) is 19.8. The number of likely N-dealkylation sites (N-methyl/N-ethyl adjacent to an activating group) is 1. The number of nitrogens with zero attached hydrogens (tertiary/aromatic N) is 5. The van der Waals surface area contributed by atoms with Gasteiger partial charge in [0.1, 0.15) is 17.8 Å². The van der Waals surface area contributed by atoms with E-state index in [9.17, 15) is 9.59 Å². The normalized spacial score (nSPS) is 18.7. The highest BCUT2D eigenvalue weighted by molar-refractivity contribution is 6.28. The van der Waals surface area contributed by atoms with E-state index in [2.05, 4.69) is 9.97 Å². The van der Waals surface area contributed by atoms with E-state index in [0.717, 1.165) is 6.42 Å². The number of halogens is 1. The van der Waals surface area contributed by atoms with Crippen LogP contribution in [0.25, 0.3) is 0 Å². The van der Waals surface area contributed by atoms with Crippen LogP contribution in [-0.2, 0) is 9.47 Å². The van der Waals surface area contributed by atoms with E-state index >= 15 is 0 Å². The van der Waals surface area contributed by atoms with E-state index in [1.807, 2.05) is 25.7 Å². The number of hydrogen-bond acceptors (Lipinski definition) is 8. The second kappa shape index (κ2) is 8.80. The third-order valence-corrected chi connectivity index (χ3v) is 5.09. The first kappa shape index (κ1) is 24.2. The fourth-order valence-electron chi connectivity index (χ4n) is 3.50. The monoisotopic (exact) mass is 469 g/mol. The van der Waals surface area contributed by atoms with Gasteiger partial charge in [-0.1, -0.05) is 0 Å². The molecule has 1 aromatic heterocycles. The third kappa shape index (κ3) is 5.65. The van der Waals surface area contributed by atoms with Crippen LogP contribution < -0.4 is 14.5 Å². The molecular weight excluding hydrogens is 438 g/mol. The van der Waals surface area contributed by atoms with Gasteiger partial charge in [0.15, 0.2) is 11.6 Å². The number of amides is 2. The number of carbonyl (C=O) groups is 2. The van der Waals surface area contributed by atoms with Crippen LogP contribution in [0.3, 0.4) is 0 Å². The van der Waals surface area contributed by atoms with Crippen LogP contribution in [0.4, 0.5) is 21.2 Å². The molecule has 2 aliphatic rings. The lowest BCUT2D eigenvalue weighted by molar-refractivity contribution is 0.0237. The highest BCUT2D eigenvalue weighted by Gasteiger charge is 2.37. The largest absolute Gasteiger partial charge is 0.485 e. The van der Waals surface area contributed by atoms with E-state index in [1.165, 1.54) is 4.90 Å². The van der Waals surface area contributed by atoms with Gasteiger partial charge in [-0.05, 0) is 59.6 Å². The van der Waals surface area contributed by atoms with Crippen molar-refractivity contribution >= 4 is 35.4 Å². The number of hydrogen-bond donors (Lipinski definition) is 0. The third-order valence-electron chi connectivity index (χ3n) is 4.93. The minimum atomic E-state index is -0.649. The SMILES string of the molecule is CN(C(=O)OC(C)(C)C)[C@@H]1CCN(c2nc(Cl)nc3c2OCCN3C(=O)OC(C)(C)C)C1. The molecular formula is C21H32ClN5O5. The zero-order chi connectivity index (χ0) is 23.8. The standard InChI is InChI=1S/C21H32ClN5O5/c1-20(2,3)31-18(28)25(7)13-8-9-26(12-13)15-14-16(24-17(22)23-15)27(10-11-30-14)19(29)32-21(4,5)6/h13H,8-12H2,1-7H3/t13-/m1/s1. The van der Waals surface area contributed by atoms with Crippen LogP contribution in [0.1, 0.15) is 48.0 Å². The van der Waals surface area contributed by atoms with Crippen molar-refractivity contribution in [2.24, 2.45) is 0 Å². The molecule has 1 saturated heterocycles. The highest BCUT2D eigenvalue weighted by Crippen LogP contribution is 2.40. The lowest BCUT2D eigenvalue weighted by atomic mass is 10.2. The number of fused-ring (bicyclic) bond motifs is 1. The van der Waals surface area contributed by atoms with Gasteiger partial charge in [0.2, 0.25) is 11.0 Å². The fourth-order valence-corrected chi connectivity index (χ4v) is 3.66. The molecule has 0 radical (unpaired) electrons. The lowest BCUT2D eigenvalue weighted by Gasteiger charge is -2.32. The lowest BCUT2D eigenvalue weighted by Crippen LogP contribution is -2.43. The first-order valence-corrected chi connectivity index (χ1v) is 11.0. The van der Waals surface area contributed by atoms with E-state index in [0.29, 0.717) is 31.2 Å². The first-order chi connectivity index (χ1) is 14.7. The summed E-state index contributed by atoms with van der Waals surface area (Å²) in [6, 6.07) is -0.0696. The average Bonchev–Trinajstić information content (AvgIpc) is 3.13. The van der Waals surface area contributed by atoms with Crippen LogP contribution in [-0.4, -0.2) is 77.6 Å². The molecule has 0 unspecified atom stereocenters. The van der Waals surface area contributed by atoms with Crippen molar-refractivity contribution in [2.45, 2.75) is 65.2 Å². The Morgan fingerprint density at radius 1 is 1.06 bits per heavy atom. The summed E-state index contributed by atoms with van der Waals surface area (Å²) in [5, 5.41) is 0.00163. The summed E-state index contributed by atoms with van der Waals surface area (Å²) in [4.78, 5) is 38.8. The molecule has 0 aliphatic carbocycles. The van der Waals surface area contributed by atoms with Crippen molar-refractivity contribution in [3.05, 3.63) is 5.28 Å². The molecule has 0 N–H and O–H groups in total. The predicted octanol–water partition coefficient (Wildman–Crippen LogP) is 3.71. The summed E-state index contributed by atoms with van der Waals surface area (Å²) in [5.74, 6) is 1.16. The molecule has 0 bridgehead atoms. The molecule has 1 atom stereocenters. The first-order valence-electron chi connectivity index (χ1n) is 10.7. The van der Waals surface area contributed by atoms with Crippen molar-refractivity contribution in [3.8, 4) is 5.75 Å². The fraction of sp³-hybridized carbons (Fsp3) is 0.714. The number of carbonyl (C=O) groups excluding carboxylic acids is 2. The van der Waals surface area contributed by atoms with Crippen molar-refractivity contribution < 1.29 is 23.8 Å². The summed E-state index contributed by atoms with van der Waals surface area (Å²) in [7, 11) is 1.73. The van der Waals surface area contributed by atoms with Crippen LogP contribution >= 0.6 is 11.6 Å². The van der Waals surface area contributed by atoms with Crippen molar-refractivity contribution in [1.82, 2.24) is 14.9 Å². The van der Waals surface area contributed by atoms with Crippen molar-refractivity contribution in [2.75, 3.05) is 43.1 Å². The topological polar surface area (TPSA) is 97.3 Å². The molecule has 178 valence electrons. The maximum Gasteiger partial charge on any atom is 0.416 e. The highest BCUT2D eigenvalue weighted by atomic mass is 35.5. The molecule has 2 aliphatic heterocycles. The number of anilines is 2. The van der Waals surface area contributed by atoms with Gasteiger partial charge in [-0.25, -0.2) is 9.59 Å². The molecule has 3 rings (SSSR count). The van der Waals surface area contributed by atoms with E-state index in [-0.39, 0.29) is 29.8 Å². The van der Waals surface area contributed by atoms with Crippen LogP contribution in [0.2, 0.25) is 5.28 Å².